The number of aryl methyl sites for hydroxylation is 2. The predicted molar refractivity (Wildman–Crippen MR) is 104 cm³/mol. The molecule has 0 radical (unpaired) electrons. The molecule has 1 amide bonds. The number of anilines is 1. The fourth-order valence-corrected chi connectivity index (χ4v) is 3.54. The van der Waals surface area contributed by atoms with Crippen LogP contribution in [-0.2, 0) is 0 Å². The van der Waals surface area contributed by atoms with E-state index in [1.807, 2.05) is 44.2 Å². The molecule has 0 aromatic heterocycles. The molecule has 1 atom stereocenters. The summed E-state index contributed by atoms with van der Waals surface area (Å²) >= 11 is 0. The zero-order chi connectivity index (χ0) is 19.1. The molecule has 4 heteroatoms. The molecule has 0 fully saturated rings. The molecule has 1 aliphatic heterocycles. The maximum absolute atomic E-state index is 13.4. The van der Waals surface area contributed by atoms with Crippen LogP contribution >= 0.6 is 0 Å². The van der Waals surface area contributed by atoms with E-state index in [1.165, 1.54) is 11.0 Å². The third-order valence-electron chi connectivity index (χ3n) is 4.94. The Morgan fingerprint density at radius 3 is 2.33 bits per heavy atom. The highest BCUT2D eigenvalue weighted by atomic mass is 16.3. The van der Waals surface area contributed by atoms with Gasteiger partial charge < -0.3 is 5.11 Å². The van der Waals surface area contributed by atoms with E-state index in [-0.39, 0.29) is 23.0 Å². The average Bonchev–Trinajstić information content (AvgIpc) is 2.97. The van der Waals surface area contributed by atoms with Crippen LogP contribution in [0, 0.1) is 13.8 Å². The lowest BCUT2D eigenvalue weighted by Gasteiger charge is -2.25. The first-order chi connectivity index (χ1) is 13.0. The van der Waals surface area contributed by atoms with Gasteiger partial charge in [0.05, 0.1) is 5.56 Å². The van der Waals surface area contributed by atoms with Crippen molar-refractivity contribution in [3.8, 4) is 5.75 Å². The van der Waals surface area contributed by atoms with E-state index in [2.05, 4.69) is 0 Å². The monoisotopic (exact) mass is 357 g/mol. The molecule has 0 saturated heterocycles. The molecule has 4 rings (SSSR count). The zero-order valence-electron chi connectivity index (χ0n) is 15.1. The van der Waals surface area contributed by atoms with Crippen LogP contribution in [0.15, 0.2) is 66.7 Å². The molecule has 0 saturated carbocycles. The molecule has 27 heavy (non-hydrogen) atoms. The van der Waals surface area contributed by atoms with Crippen LogP contribution in [0.25, 0.3) is 0 Å². The number of ketones is 1. The Bertz CT molecular complexity index is 1050. The van der Waals surface area contributed by atoms with E-state index in [0.29, 0.717) is 16.8 Å². The summed E-state index contributed by atoms with van der Waals surface area (Å²) in [5.74, 6) is -0.582. The highest BCUT2D eigenvalue weighted by molar-refractivity contribution is 6.19. The van der Waals surface area contributed by atoms with Crippen molar-refractivity contribution >= 4 is 17.4 Å². The summed E-state index contributed by atoms with van der Waals surface area (Å²) in [6, 6.07) is 18.8. The van der Waals surface area contributed by atoms with E-state index in [1.54, 1.807) is 30.3 Å². The molecule has 134 valence electrons. The van der Waals surface area contributed by atoms with Crippen molar-refractivity contribution in [1.29, 1.82) is 0 Å². The fraction of sp³-hybridized carbons (Fsp3) is 0.130. The summed E-state index contributed by atoms with van der Waals surface area (Å²) in [6.07, 6.45) is 0. The molecular weight excluding hydrogens is 338 g/mol. The average molecular weight is 357 g/mol. The topological polar surface area (TPSA) is 57.6 Å². The summed E-state index contributed by atoms with van der Waals surface area (Å²) < 4.78 is 0. The summed E-state index contributed by atoms with van der Waals surface area (Å²) in [7, 11) is 0. The van der Waals surface area contributed by atoms with Crippen LogP contribution in [0.1, 0.15) is 43.4 Å². The van der Waals surface area contributed by atoms with Crippen LogP contribution < -0.4 is 4.90 Å². The number of Topliss-reactive ketones (excluding diaryl/α,β-unsaturated/α-hetero) is 1. The first-order valence-corrected chi connectivity index (χ1v) is 8.80. The number of carbonyl (C=O) groups excluding carboxylic acids is 2. The van der Waals surface area contributed by atoms with Crippen molar-refractivity contribution in [3.05, 3.63) is 94.5 Å². The minimum absolute atomic E-state index is 0.0775. The Kier molecular flexibility index (Phi) is 4.04. The number of hydrogen-bond donors (Lipinski definition) is 1. The predicted octanol–water partition coefficient (Wildman–Crippen LogP) is 4.59. The number of rotatable bonds is 3. The zero-order valence-corrected chi connectivity index (χ0v) is 15.1. The number of hydrogen-bond acceptors (Lipinski definition) is 3. The van der Waals surface area contributed by atoms with Gasteiger partial charge in [-0.05, 0) is 49.7 Å². The van der Waals surface area contributed by atoms with Crippen molar-refractivity contribution in [3.63, 3.8) is 0 Å². The SMILES string of the molecule is Cc1ccc(N2C(=O)c3ccccc3[C@H]2C(=O)c2cc(C)ccc2O)cc1. The van der Waals surface area contributed by atoms with Gasteiger partial charge in [0.2, 0.25) is 0 Å². The summed E-state index contributed by atoms with van der Waals surface area (Å²) in [5.41, 5.74) is 4.00. The van der Waals surface area contributed by atoms with E-state index in [4.69, 9.17) is 0 Å². The lowest BCUT2D eigenvalue weighted by molar-refractivity contribution is 0.0914. The number of aromatic hydroxyl groups is 1. The lowest BCUT2D eigenvalue weighted by Crippen LogP contribution is -2.32. The summed E-state index contributed by atoms with van der Waals surface area (Å²) in [6.45, 7) is 3.83. The van der Waals surface area contributed by atoms with Crippen molar-refractivity contribution in [1.82, 2.24) is 0 Å². The summed E-state index contributed by atoms with van der Waals surface area (Å²) in [5, 5.41) is 10.2. The standard InChI is InChI=1S/C23H19NO3/c1-14-7-10-16(11-8-14)24-21(17-5-3-4-6-18(17)23(24)27)22(26)19-13-15(2)9-12-20(19)25/h3-13,21,25H,1-2H3/t21-/m0/s1. The van der Waals surface area contributed by atoms with Crippen LogP contribution in [-0.4, -0.2) is 16.8 Å². The Hall–Kier alpha value is -3.40. The number of nitrogens with zero attached hydrogens (tertiary/aromatic N) is 1. The van der Waals surface area contributed by atoms with Gasteiger partial charge in [0.15, 0.2) is 5.78 Å². The number of carbonyl (C=O) groups is 2. The number of phenolic OH excluding ortho intramolecular Hbond substituents is 1. The Morgan fingerprint density at radius 2 is 1.59 bits per heavy atom. The quantitative estimate of drug-likeness (QED) is 0.697. The molecule has 0 unspecified atom stereocenters. The largest absolute Gasteiger partial charge is 0.507 e. The Morgan fingerprint density at radius 1 is 0.926 bits per heavy atom. The van der Waals surface area contributed by atoms with Gasteiger partial charge in [-0.25, -0.2) is 0 Å². The second-order valence-electron chi connectivity index (χ2n) is 6.89. The highest BCUT2D eigenvalue weighted by Gasteiger charge is 2.42. The van der Waals surface area contributed by atoms with Gasteiger partial charge in [0.1, 0.15) is 11.8 Å². The third kappa shape index (κ3) is 2.79. The van der Waals surface area contributed by atoms with E-state index < -0.39 is 6.04 Å². The maximum atomic E-state index is 13.4. The molecule has 1 N–H and O–H groups in total. The molecule has 3 aromatic rings. The normalized spacial score (nSPS) is 15.7. The second kappa shape index (κ2) is 6.40. The smallest absolute Gasteiger partial charge is 0.259 e. The molecule has 1 heterocycles. The van der Waals surface area contributed by atoms with Crippen LogP contribution in [0.4, 0.5) is 5.69 Å². The van der Waals surface area contributed by atoms with E-state index >= 15 is 0 Å². The molecule has 0 bridgehead atoms. The highest BCUT2D eigenvalue weighted by Crippen LogP contribution is 2.40. The minimum atomic E-state index is -0.802. The number of benzene rings is 3. The maximum Gasteiger partial charge on any atom is 0.259 e. The third-order valence-corrected chi connectivity index (χ3v) is 4.94. The lowest BCUT2D eigenvalue weighted by atomic mass is 9.95. The Balaban J connectivity index is 1.88. The van der Waals surface area contributed by atoms with Crippen molar-refractivity contribution < 1.29 is 14.7 Å². The molecule has 0 spiro atoms. The first-order valence-electron chi connectivity index (χ1n) is 8.80. The molecule has 4 nitrogen and oxygen atoms in total. The van der Waals surface area contributed by atoms with E-state index in [9.17, 15) is 14.7 Å². The van der Waals surface area contributed by atoms with Gasteiger partial charge in [0.25, 0.3) is 5.91 Å². The summed E-state index contributed by atoms with van der Waals surface area (Å²) in [4.78, 5) is 28.0. The first kappa shape index (κ1) is 17.0. The Labute approximate surface area is 157 Å². The second-order valence-corrected chi connectivity index (χ2v) is 6.89. The number of fused-ring (bicyclic) bond motifs is 1. The van der Waals surface area contributed by atoms with Gasteiger partial charge in [-0.1, -0.05) is 47.5 Å². The van der Waals surface area contributed by atoms with Crippen molar-refractivity contribution in [2.24, 2.45) is 0 Å². The van der Waals surface area contributed by atoms with Gasteiger partial charge in [0, 0.05) is 11.3 Å². The van der Waals surface area contributed by atoms with Crippen LogP contribution in [0.2, 0.25) is 0 Å². The van der Waals surface area contributed by atoms with Crippen molar-refractivity contribution in [2.45, 2.75) is 19.9 Å². The molecular formula is C23H19NO3. The minimum Gasteiger partial charge on any atom is -0.507 e. The fourth-order valence-electron chi connectivity index (χ4n) is 3.54. The van der Waals surface area contributed by atoms with Crippen LogP contribution in [0.3, 0.4) is 0 Å². The van der Waals surface area contributed by atoms with Gasteiger partial charge >= 0.3 is 0 Å². The van der Waals surface area contributed by atoms with Gasteiger partial charge in [-0.2, -0.15) is 0 Å². The molecule has 0 aliphatic carbocycles. The number of phenols is 1. The van der Waals surface area contributed by atoms with E-state index in [0.717, 1.165) is 11.1 Å². The van der Waals surface area contributed by atoms with Crippen molar-refractivity contribution in [2.75, 3.05) is 4.90 Å². The van der Waals surface area contributed by atoms with Gasteiger partial charge in [-0.15, -0.1) is 0 Å². The molecule has 3 aromatic carbocycles. The molecule has 1 aliphatic rings. The van der Waals surface area contributed by atoms with Crippen LogP contribution in [0.5, 0.6) is 5.75 Å². The van der Waals surface area contributed by atoms with Gasteiger partial charge in [-0.3, -0.25) is 14.5 Å². The number of amides is 1.